The summed E-state index contributed by atoms with van der Waals surface area (Å²) in [5.41, 5.74) is 6.05. The van der Waals surface area contributed by atoms with Gasteiger partial charge < -0.3 is 15.8 Å². The van der Waals surface area contributed by atoms with Crippen LogP contribution in [0.1, 0.15) is 6.92 Å². The van der Waals surface area contributed by atoms with Crippen LogP contribution in [0, 0.1) is 5.82 Å². The van der Waals surface area contributed by atoms with E-state index >= 15 is 0 Å². The van der Waals surface area contributed by atoms with Crippen LogP contribution in [0.4, 0.5) is 10.1 Å². The van der Waals surface area contributed by atoms with E-state index in [0.717, 1.165) is 0 Å². The Labute approximate surface area is 86.2 Å². The molecular weight excluding hydrogens is 199 g/mol. The maximum Gasteiger partial charge on any atom is 0.245 e. The third-order valence-corrected chi connectivity index (χ3v) is 2.32. The molecule has 1 amide bonds. The third-order valence-electron chi connectivity index (χ3n) is 2.32. The SMILES string of the molecule is CC1Oc2cc(F)ccc2NC(=O)C1N. The van der Waals surface area contributed by atoms with Gasteiger partial charge in [-0.05, 0) is 19.1 Å². The fraction of sp³-hybridized carbons (Fsp3) is 0.300. The van der Waals surface area contributed by atoms with Gasteiger partial charge in [-0.3, -0.25) is 4.79 Å². The molecule has 0 aliphatic carbocycles. The number of hydrogen-bond donors (Lipinski definition) is 2. The fourth-order valence-corrected chi connectivity index (χ4v) is 1.40. The van der Waals surface area contributed by atoms with E-state index < -0.39 is 18.0 Å². The maximum atomic E-state index is 12.9. The highest BCUT2D eigenvalue weighted by Gasteiger charge is 2.27. The second-order valence-electron chi connectivity index (χ2n) is 3.48. The highest BCUT2D eigenvalue weighted by atomic mass is 19.1. The number of nitrogens with one attached hydrogen (secondary N) is 1. The molecule has 2 rings (SSSR count). The molecule has 1 aromatic carbocycles. The molecule has 1 aliphatic rings. The molecule has 0 bridgehead atoms. The number of benzene rings is 1. The van der Waals surface area contributed by atoms with Crippen molar-refractivity contribution in [1.29, 1.82) is 0 Å². The first-order valence-electron chi connectivity index (χ1n) is 4.60. The lowest BCUT2D eigenvalue weighted by Gasteiger charge is -2.15. The molecule has 0 saturated heterocycles. The lowest BCUT2D eigenvalue weighted by atomic mass is 10.2. The van der Waals surface area contributed by atoms with Crippen LogP contribution in [-0.2, 0) is 4.79 Å². The van der Waals surface area contributed by atoms with Crippen molar-refractivity contribution in [2.45, 2.75) is 19.1 Å². The molecule has 5 heteroatoms. The van der Waals surface area contributed by atoms with Crippen molar-refractivity contribution in [3.05, 3.63) is 24.0 Å². The van der Waals surface area contributed by atoms with Crippen LogP contribution in [0.5, 0.6) is 5.75 Å². The van der Waals surface area contributed by atoms with Crippen molar-refractivity contribution in [2.24, 2.45) is 5.73 Å². The normalized spacial score (nSPS) is 24.9. The van der Waals surface area contributed by atoms with Gasteiger partial charge in [0.1, 0.15) is 23.7 Å². The van der Waals surface area contributed by atoms with Crippen molar-refractivity contribution < 1.29 is 13.9 Å². The zero-order valence-electron chi connectivity index (χ0n) is 8.16. The molecule has 0 aromatic heterocycles. The summed E-state index contributed by atoms with van der Waals surface area (Å²) >= 11 is 0. The topological polar surface area (TPSA) is 64.3 Å². The summed E-state index contributed by atoms with van der Waals surface area (Å²) in [4.78, 5) is 11.5. The Morgan fingerprint density at radius 2 is 2.27 bits per heavy atom. The predicted molar refractivity (Wildman–Crippen MR) is 53.1 cm³/mol. The Morgan fingerprint density at radius 3 is 3.00 bits per heavy atom. The average Bonchev–Trinajstić information content (AvgIpc) is 2.29. The number of halogens is 1. The Kier molecular flexibility index (Phi) is 2.32. The average molecular weight is 210 g/mol. The Morgan fingerprint density at radius 1 is 1.53 bits per heavy atom. The Balaban J connectivity index is 2.42. The zero-order valence-corrected chi connectivity index (χ0v) is 8.16. The number of ether oxygens (including phenoxy) is 1. The van der Waals surface area contributed by atoms with E-state index in [0.29, 0.717) is 11.4 Å². The maximum absolute atomic E-state index is 12.9. The molecule has 15 heavy (non-hydrogen) atoms. The number of carbonyl (C=O) groups is 1. The lowest BCUT2D eigenvalue weighted by molar-refractivity contribution is -0.118. The second kappa shape index (κ2) is 3.51. The first-order valence-corrected chi connectivity index (χ1v) is 4.60. The van der Waals surface area contributed by atoms with Gasteiger partial charge in [0, 0.05) is 6.07 Å². The Hall–Kier alpha value is -1.62. The van der Waals surface area contributed by atoms with Crippen LogP contribution in [0.25, 0.3) is 0 Å². The highest BCUT2D eigenvalue weighted by molar-refractivity contribution is 5.97. The summed E-state index contributed by atoms with van der Waals surface area (Å²) in [7, 11) is 0. The summed E-state index contributed by atoms with van der Waals surface area (Å²) in [6, 6.07) is 3.18. The lowest BCUT2D eigenvalue weighted by Crippen LogP contribution is -2.44. The van der Waals surface area contributed by atoms with E-state index in [1.807, 2.05) is 0 Å². The third kappa shape index (κ3) is 1.78. The molecule has 1 aromatic rings. The minimum atomic E-state index is -0.750. The smallest absolute Gasteiger partial charge is 0.245 e. The van der Waals surface area contributed by atoms with Crippen LogP contribution in [0.3, 0.4) is 0 Å². The molecule has 3 N–H and O–H groups in total. The highest BCUT2D eigenvalue weighted by Crippen LogP contribution is 2.29. The predicted octanol–water partition coefficient (Wildman–Crippen LogP) is 0.872. The molecule has 2 unspecified atom stereocenters. The van der Waals surface area contributed by atoms with Gasteiger partial charge in [-0.2, -0.15) is 0 Å². The van der Waals surface area contributed by atoms with Crippen LogP contribution in [0.2, 0.25) is 0 Å². The number of nitrogens with two attached hydrogens (primary N) is 1. The van der Waals surface area contributed by atoms with Gasteiger partial charge in [-0.15, -0.1) is 0 Å². The number of carbonyl (C=O) groups excluding carboxylic acids is 1. The molecular formula is C10H11FN2O2. The number of hydrogen-bond acceptors (Lipinski definition) is 3. The summed E-state index contributed by atoms with van der Waals surface area (Å²) in [5, 5.41) is 2.57. The summed E-state index contributed by atoms with van der Waals surface area (Å²) in [5.74, 6) is -0.428. The van der Waals surface area contributed by atoms with Crippen molar-refractivity contribution >= 4 is 11.6 Å². The largest absolute Gasteiger partial charge is 0.486 e. The van der Waals surface area contributed by atoms with Gasteiger partial charge in [-0.1, -0.05) is 0 Å². The summed E-state index contributed by atoms with van der Waals surface area (Å²) in [6.07, 6.45) is -0.479. The molecule has 0 spiro atoms. The van der Waals surface area contributed by atoms with E-state index in [4.69, 9.17) is 10.5 Å². The van der Waals surface area contributed by atoms with Crippen molar-refractivity contribution in [3.63, 3.8) is 0 Å². The number of fused-ring (bicyclic) bond motifs is 1. The van der Waals surface area contributed by atoms with Gasteiger partial charge in [0.05, 0.1) is 5.69 Å². The minimum Gasteiger partial charge on any atom is -0.486 e. The minimum absolute atomic E-state index is 0.309. The number of anilines is 1. The molecule has 4 nitrogen and oxygen atoms in total. The summed E-state index contributed by atoms with van der Waals surface area (Å²) in [6.45, 7) is 1.67. The van der Waals surface area contributed by atoms with Gasteiger partial charge >= 0.3 is 0 Å². The second-order valence-corrected chi connectivity index (χ2v) is 3.48. The van der Waals surface area contributed by atoms with Crippen LogP contribution >= 0.6 is 0 Å². The van der Waals surface area contributed by atoms with E-state index in [-0.39, 0.29) is 5.91 Å². The fourth-order valence-electron chi connectivity index (χ4n) is 1.40. The van der Waals surface area contributed by atoms with E-state index in [9.17, 15) is 9.18 Å². The number of rotatable bonds is 0. The molecule has 0 fully saturated rings. The molecule has 80 valence electrons. The van der Waals surface area contributed by atoms with Crippen LogP contribution in [0.15, 0.2) is 18.2 Å². The molecule has 0 radical (unpaired) electrons. The van der Waals surface area contributed by atoms with Gasteiger partial charge in [0.2, 0.25) is 5.91 Å². The molecule has 0 saturated carbocycles. The zero-order chi connectivity index (χ0) is 11.0. The van der Waals surface area contributed by atoms with Gasteiger partial charge in [-0.25, -0.2) is 4.39 Å². The Bertz CT molecular complexity index is 408. The van der Waals surface area contributed by atoms with Gasteiger partial charge in [0.25, 0.3) is 0 Å². The number of amides is 1. The quantitative estimate of drug-likeness (QED) is 0.667. The monoisotopic (exact) mass is 210 g/mol. The van der Waals surface area contributed by atoms with Crippen molar-refractivity contribution in [3.8, 4) is 5.75 Å². The van der Waals surface area contributed by atoms with E-state index in [2.05, 4.69) is 5.32 Å². The van der Waals surface area contributed by atoms with E-state index in [1.54, 1.807) is 6.92 Å². The van der Waals surface area contributed by atoms with Gasteiger partial charge in [0.15, 0.2) is 0 Å². The first kappa shape index (κ1) is 9.92. The standard InChI is InChI=1S/C10H11FN2O2/c1-5-9(12)10(14)13-7-3-2-6(11)4-8(7)15-5/h2-5,9H,12H2,1H3,(H,13,14). The summed E-state index contributed by atoms with van der Waals surface area (Å²) < 4.78 is 18.3. The molecule has 1 heterocycles. The first-order chi connectivity index (χ1) is 7.08. The molecule has 2 atom stereocenters. The van der Waals surface area contributed by atoms with Crippen LogP contribution in [-0.4, -0.2) is 18.1 Å². The van der Waals surface area contributed by atoms with E-state index in [1.165, 1.54) is 18.2 Å². The van der Waals surface area contributed by atoms with Crippen molar-refractivity contribution in [1.82, 2.24) is 0 Å². The molecule has 1 aliphatic heterocycles. The van der Waals surface area contributed by atoms with Crippen molar-refractivity contribution in [2.75, 3.05) is 5.32 Å². The van der Waals surface area contributed by atoms with Crippen LogP contribution < -0.4 is 15.8 Å².